The maximum Gasteiger partial charge on any atom is 0.170 e. The first-order chi connectivity index (χ1) is 13.6. The molecule has 1 aliphatic heterocycles. The average Bonchev–Trinajstić information content (AvgIpc) is 3.30. The maximum atomic E-state index is 9.53. The first-order valence-corrected chi connectivity index (χ1v) is 9.82. The van der Waals surface area contributed by atoms with Gasteiger partial charge in [-0.05, 0) is 61.1 Å². The van der Waals surface area contributed by atoms with E-state index in [1.807, 2.05) is 60.4 Å². The molecule has 7 heteroatoms. The first-order valence-electron chi connectivity index (χ1n) is 9.03. The second-order valence-corrected chi connectivity index (χ2v) is 7.53. The summed E-state index contributed by atoms with van der Waals surface area (Å²) >= 11 is 11.7. The molecule has 0 unspecified atom stereocenters. The van der Waals surface area contributed by atoms with Crippen LogP contribution in [0.4, 0.5) is 0 Å². The minimum atomic E-state index is -0.206. The number of hydrogen-bond donors (Lipinski definition) is 2. The third kappa shape index (κ3) is 3.51. The van der Waals surface area contributed by atoms with Gasteiger partial charge in [0, 0.05) is 23.3 Å². The molecule has 3 aromatic rings. The molecule has 0 spiro atoms. The fourth-order valence-electron chi connectivity index (χ4n) is 3.58. The number of nitrogens with one attached hydrogen (secondary N) is 1. The number of halogens is 1. The molecule has 2 N–H and O–H groups in total. The minimum absolute atomic E-state index is 0.00573. The van der Waals surface area contributed by atoms with E-state index in [1.165, 1.54) is 0 Å². The highest BCUT2D eigenvalue weighted by Gasteiger charge is 2.41. The van der Waals surface area contributed by atoms with Crippen molar-refractivity contribution in [2.24, 2.45) is 0 Å². The van der Waals surface area contributed by atoms with Crippen molar-refractivity contribution in [1.82, 2.24) is 15.2 Å². The standard InChI is InChI=1S/C21H20ClN3O2S/c1-13-5-6-14(22)12-15(13)17-7-8-18(27-17)20-19(16-4-2-3-9-23-16)24-21(28)25(20)10-11-26/h2-9,12,19-20,26H,10-11H2,1H3,(H,24,28)/t19-,20-/m0/s1. The SMILES string of the molecule is Cc1ccc(Cl)cc1-c1ccc([C@H]2[C@H](c3ccccn3)NC(=S)N2CCO)o1. The Labute approximate surface area is 174 Å². The molecule has 4 rings (SSSR count). The highest BCUT2D eigenvalue weighted by Crippen LogP contribution is 2.40. The van der Waals surface area contributed by atoms with Crippen LogP contribution in [0.5, 0.6) is 0 Å². The monoisotopic (exact) mass is 413 g/mol. The molecule has 1 fully saturated rings. The number of thiocarbonyl (C=S) groups is 1. The Kier molecular flexibility index (Phi) is 5.35. The van der Waals surface area contributed by atoms with Gasteiger partial charge >= 0.3 is 0 Å². The van der Waals surface area contributed by atoms with Gasteiger partial charge in [-0.25, -0.2) is 0 Å². The van der Waals surface area contributed by atoms with E-state index in [-0.39, 0.29) is 18.7 Å². The second-order valence-electron chi connectivity index (χ2n) is 6.70. The van der Waals surface area contributed by atoms with E-state index in [0.29, 0.717) is 16.7 Å². The van der Waals surface area contributed by atoms with Crippen LogP contribution in [0.15, 0.2) is 59.1 Å². The Bertz CT molecular complexity index is 992. The Morgan fingerprint density at radius 1 is 1.25 bits per heavy atom. The molecule has 0 bridgehead atoms. The summed E-state index contributed by atoms with van der Waals surface area (Å²) < 4.78 is 6.26. The zero-order valence-corrected chi connectivity index (χ0v) is 16.9. The van der Waals surface area contributed by atoms with Gasteiger partial charge in [-0.2, -0.15) is 0 Å². The van der Waals surface area contributed by atoms with Crippen molar-refractivity contribution in [3.05, 3.63) is 76.8 Å². The van der Waals surface area contributed by atoms with Gasteiger partial charge in [0.15, 0.2) is 5.11 Å². The number of rotatable bonds is 5. The van der Waals surface area contributed by atoms with E-state index in [4.69, 9.17) is 28.2 Å². The number of aromatic nitrogens is 1. The van der Waals surface area contributed by atoms with E-state index in [0.717, 1.165) is 28.3 Å². The Morgan fingerprint density at radius 3 is 2.86 bits per heavy atom. The van der Waals surface area contributed by atoms with Gasteiger partial charge in [0.2, 0.25) is 0 Å². The zero-order valence-electron chi connectivity index (χ0n) is 15.3. The van der Waals surface area contributed by atoms with Gasteiger partial charge in [0.05, 0.1) is 18.3 Å². The Morgan fingerprint density at radius 2 is 2.11 bits per heavy atom. The molecule has 1 aromatic carbocycles. The van der Waals surface area contributed by atoms with Crippen LogP contribution < -0.4 is 5.32 Å². The molecule has 0 amide bonds. The van der Waals surface area contributed by atoms with Crippen molar-refractivity contribution in [1.29, 1.82) is 0 Å². The molecule has 0 aliphatic carbocycles. The van der Waals surface area contributed by atoms with Crippen molar-refractivity contribution in [3.63, 3.8) is 0 Å². The van der Waals surface area contributed by atoms with Crippen LogP contribution in [0.2, 0.25) is 5.02 Å². The number of benzene rings is 1. The lowest BCUT2D eigenvalue weighted by Gasteiger charge is -2.25. The highest BCUT2D eigenvalue weighted by atomic mass is 35.5. The number of aryl methyl sites for hydroxylation is 1. The summed E-state index contributed by atoms with van der Waals surface area (Å²) in [6.07, 6.45) is 1.76. The summed E-state index contributed by atoms with van der Waals surface area (Å²) in [5.74, 6) is 1.50. The number of furan rings is 1. The van der Waals surface area contributed by atoms with Gasteiger partial charge in [-0.15, -0.1) is 0 Å². The molecule has 2 aromatic heterocycles. The lowest BCUT2D eigenvalue weighted by molar-refractivity contribution is 0.209. The summed E-state index contributed by atoms with van der Waals surface area (Å²) in [4.78, 5) is 6.43. The van der Waals surface area contributed by atoms with E-state index in [2.05, 4.69) is 10.3 Å². The molecular weight excluding hydrogens is 394 g/mol. The average molecular weight is 414 g/mol. The number of β-amino-alcohol motifs (C(OH)–C–C–N with tert-alkyl or cyclic N) is 1. The van der Waals surface area contributed by atoms with Crippen LogP contribution >= 0.6 is 23.8 Å². The molecule has 0 saturated carbocycles. The van der Waals surface area contributed by atoms with Crippen LogP contribution in [0.3, 0.4) is 0 Å². The van der Waals surface area contributed by atoms with Crippen LogP contribution in [0.1, 0.15) is 29.1 Å². The Balaban J connectivity index is 1.75. The third-order valence-electron chi connectivity index (χ3n) is 4.92. The normalized spacial score (nSPS) is 19.1. The number of aliphatic hydroxyl groups is 1. The van der Waals surface area contributed by atoms with Gasteiger partial charge in [0.25, 0.3) is 0 Å². The van der Waals surface area contributed by atoms with Crippen molar-refractivity contribution in [3.8, 4) is 11.3 Å². The molecule has 0 radical (unpaired) electrons. The first kappa shape index (κ1) is 18.9. The molecule has 5 nitrogen and oxygen atoms in total. The second kappa shape index (κ2) is 7.91. The summed E-state index contributed by atoms with van der Waals surface area (Å²) in [6.45, 7) is 2.43. The number of pyridine rings is 1. The maximum absolute atomic E-state index is 9.53. The predicted octanol–water partition coefficient (Wildman–Crippen LogP) is 4.27. The largest absolute Gasteiger partial charge is 0.459 e. The lowest BCUT2D eigenvalue weighted by atomic mass is 10.0. The predicted molar refractivity (Wildman–Crippen MR) is 113 cm³/mol. The number of hydrogen-bond acceptors (Lipinski definition) is 4. The van der Waals surface area contributed by atoms with Gasteiger partial charge in [0.1, 0.15) is 17.6 Å². The van der Waals surface area contributed by atoms with Crippen LogP contribution in [0.25, 0.3) is 11.3 Å². The van der Waals surface area contributed by atoms with Gasteiger partial charge in [-0.3, -0.25) is 4.98 Å². The van der Waals surface area contributed by atoms with Gasteiger partial charge < -0.3 is 19.7 Å². The topological polar surface area (TPSA) is 61.5 Å². The van der Waals surface area contributed by atoms with Crippen LogP contribution in [-0.2, 0) is 0 Å². The van der Waals surface area contributed by atoms with Crippen LogP contribution in [0, 0.1) is 6.92 Å². The van der Waals surface area contributed by atoms with E-state index < -0.39 is 0 Å². The molecule has 1 aliphatic rings. The fourth-order valence-corrected chi connectivity index (χ4v) is 4.08. The molecule has 28 heavy (non-hydrogen) atoms. The van der Waals surface area contributed by atoms with Gasteiger partial charge in [-0.1, -0.05) is 23.7 Å². The molecule has 2 atom stereocenters. The molecule has 144 valence electrons. The quantitative estimate of drug-likeness (QED) is 0.609. The van der Waals surface area contributed by atoms with E-state index in [9.17, 15) is 5.11 Å². The van der Waals surface area contributed by atoms with E-state index in [1.54, 1.807) is 6.20 Å². The summed E-state index contributed by atoms with van der Waals surface area (Å²) in [5.41, 5.74) is 2.90. The number of aliphatic hydroxyl groups excluding tert-OH is 1. The van der Waals surface area contributed by atoms with Crippen molar-refractivity contribution >= 4 is 28.9 Å². The summed E-state index contributed by atoms with van der Waals surface area (Å²) in [7, 11) is 0. The zero-order chi connectivity index (χ0) is 19.7. The summed E-state index contributed by atoms with van der Waals surface area (Å²) in [5, 5.41) is 14.1. The van der Waals surface area contributed by atoms with E-state index >= 15 is 0 Å². The minimum Gasteiger partial charge on any atom is -0.459 e. The fraction of sp³-hybridized carbons (Fsp3) is 0.238. The highest BCUT2D eigenvalue weighted by molar-refractivity contribution is 7.80. The Hall–Kier alpha value is -2.41. The molecule has 3 heterocycles. The van der Waals surface area contributed by atoms with Crippen molar-refractivity contribution in [2.75, 3.05) is 13.2 Å². The van der Waals surface area contributed by atoms with Crippen molar-refractivity contribution in [2.45, 2.75) is 19.0 Å². The molecular formula is C21H20ClN3O2S. The lowest BCUT2D eigenvalue weighted by Crippen LogP contribution is -2.32. The van der Waals surface area contributed by atoms with Crippen molar-refractivity contribution < 1.29 is 9.52 Å². The number of nitrogens with zero attached hydrogens (tertiary/aromatic N) is 2. The third-order valence-corrected chi connectivity index (χ3v) is 5.51. The summed E-state index contributed by atoms with van der Waals surface area (Å²) in [6, 6.07) is 15.1. The van der Waals surface area contributed by atoms with Crippen LogP contribution in [-0.4, -0.2) is 33.3 Å². The molecule has 1 saturated heterocycles. The smallest absolute Gasteiger partial charge is 0.170 e.